The van der Waals surface area contributed by atoms with Gasteiger partial charge < -0.3 is 0 Å². The summed E-state index contributed by atoms with van der Waals surface area (Å²) in [5.41, 5.74) is 2.19. The van der Waals surface area contributed by atoms with Crippen LogP contribution in [0.2, 0.25) is 0 Å². The lowest BCUT2D eigenvalue weighted by Gasteiger charge is -2.26. The number of rotatable bonds is 5. The fourth-order valence-corrected chi connectivity index (χ4v) is 5.76. The van der Waals surface area contributed by atoms with Crippen LogP contribution in [0.15, 0.2) is 15.8 Å². The minimum atomic E-state index is -0.280. The van der Waals surface area contributed by atoms with E-state index in [0.717, 1.165) is 22.1 Å². The molecule has 0 saturated heterocycles. The predicted octanol–water partition coefficient (Wildman–Crippen LogP) is 2.40. The van der Waals surface area contributed by atoms with Crippen LogP contribution in [0.4, 0.5) is 0 Å². The summed E-state index contributed by atoms with van der Waals surface area (Å²) in [7, 11) is 1.72. The van der Waals surface area contributed by atoms with Crippen LogP contribution in [0.3, 0.4) is 0 Å². The Hall–Kier alpha value is -2.22. The van der Waals surface area contributed by atoms with Gasteiger partial charge in [0.2, 0.25) is 0 Å². The van der Waals surface area contributed by atoms with Gasteiger partial charge >= 0.3 is 5.69 Å². The molecule has 1 atom stereocenters. The van der Waals surface area contributed by atoms with Gasteiger partial charge in [-0.1, -0.05) is 6.42 Å². The third-order valence-corrected chi connectivity index (χ3v) is 7.94. The fourth-order valence-electron chi connectivity index (χ4n) is 4.84. The molecule has 148 valence electrons. The Morgan fingerprint density at radius 3 is 2.68 bits per heavy atom. The lowest BCUT2D eigenvalue weighted by atomic mass is 9.80. The van der Waals surface area contributed by atoms with Gasteiger partial charge in [-0.2, -0.15) is 5.10 Å². The zero-order valence-electron chi connectivity index (χ0n) is 16.6. The van der Waals surface area contributed by atoms with Gasteiger partial charge in [0.25, 0.3) is 5.56 Å². The quantitative estimate of drug-likeness (QED) is 0.660. The average Bonchev–Trinajstić information content (AvgIpc) is 3.06. The highest BCUT2D eigenvalue weighted by Crippen LogP contribution is 2.65. The first-order valence-corrected chi connectivity index (χ1v) is 10.8. The van der Waals surface area contributed by atoms with Crippen LogP contribution < -0.4 is 11.2 Å². The molecule has 0 amide bonds. The van der Waals surface area contributed by atoms with Crippen molar-refractivity contribution in [3.05, 3.63) is 42.6 Å². The molecule has 28 heavy (non-hydrogen) atoms. The highest BCUT2D eigenvalue weighted by Gasteiger charge is 2.57. The number of nitrogens with zero attached hydrogens (tertiary/aromatic N) is 5. The molecule has 2 aliphatic carbocycles. The van der Waals surface area contributed by atoms with Crippen molar-refractivity contribution in [2.45, 2.75) is 59.0 Å². The molecule has 3 aromatic heterocycles. The Morgan fingerprint density at radius 2 is 2.07 bits per heavy atom. The average molecular weight is 400 g/mol. The van der Waals surface area contributed by atoms with Crippen molar-refractivity contribution >= 4 is 22.4 Å². The van der Waals surface area contributed by atoms with Crippen molar-refractivity contribution < 1.29 is 0 Å². The second-order valence-electron chi connectivity index (χ2n) is 8.47. The van der Waals surface area contributed by atoms with Gasteiger partial charge in [0.05, 0.1) is 22.4 Å². The predicted molar refractivity (Wildman–Crippen MR) is 109 cm³/mol. The Labute approximate surface area is 166 Å². The van der Waals surface area contributed by atoms with E-state index in [1.165, 1.54) is 30.3 Å². The zero-order chi connectivity index (χ0) is 19.6. The van der Waals surface area contributed by atoms with E-state index >= 15 is 0 Å². The van der Waals surface area contributed by atoms with Gasteiger partial charge in [0, 0.05) is 31.4 Å². The summed E-state index contributed by atoms with van der Waals surface area (Å²) in [5, 5.41) is 5.48. The van der Waals surface area contributed by atoms with Gasteiger partial charge in [-0.15, -0.1) is 11.3 Å². The van der Waals surface area contributed by atoms with E-state index < -0.39 is 0 Å². The van der Waals surface area contributed by atoms with E-state index in [-0.39, 0.29) is 11.2 Å². The van der Waals surface area contributed by atoms with Crippen LogP contribution in [-0.2, 0) is 26.6 Å². The van der Waals surface area contributed by atoms with E-state index in [0.29, 0.717) is 35.3 Å². The van der Waals surface area contributed by atoms with Crippen molar-refractivity contribution in [2.24, 2.45) is 18.4 Å². The summed E-state index contributed by atoms with van der Waals surface area (Å²) in [6.07, 6.45) is 7.50. The Bertz CT molecular complexity index is 1190. The van der Waals surface area contributed by atoms with Crippen LogP contribution in [0.25, 0.3) is 11.0 Å². The summed E-state index contributed by atoms with van der Waals surface area (Å²) in [5.74, 6) is 0.622. The molecule has 0 aliphatic heterocycles. The summed E-state index contributed by atoms with van der Waals surface area (Å²) in [6, 6.07) is 0. The lowest BCUT2D eigenvalue weighted by Crippen LogP contribution is -2.40. The monoisotopic (exact) mass is 399 g/mol. The molecule has 0 N–H and O–H groups in total. The van der Waals surface area contributed by atoms with Gasteiger partial charge in [0.15, 0.2) is 5.52 Å². The van der Waals surface area contributed by atoms with Crippen LogP contribution in [0.1, 0.15) is 41.3 Å². The number of aromatic nitrogens is 5. The topological polar surface area (TPSA) is 74.7 Å². The van der Waals surface area contributed by atoms with Crippen molar-refractivity contribution in [1.82, 2.24) is 23.9 Å². The van der Waals surface area contributed by atoms with Crippen LogP contribution in [-0.4, -0.2) is 23.9 Å². The van der Waals surface area contributed by atoms with E-state index in [4.69, 9.17) is 0 Å². The zero-order valence-corrected chi connectivity index (χ0v) is 17.4. The second kappa shape index (κ2) is 6.14. The smallest absolute Gasteiger partial charge is 0.293 e. The number of hydrogen-bond donors (Lipinski definition) is 0. The van der Waals surface area contributed by atoms with Gasteiger partial charge in [0.1, 0.15) is 0 Å². The summed E-state index contributed by atoms with van der Waals surface area (Å²) < 4.78 is 4.76. The third kappa shape index (κ3) is 2.61. The lowest BCUT2D eigenvalue weighted by molar-refractivity contribution is 0.247. The largest absolute Gasteiger partial charge is 0.331 e. The number of hydrogen-bond acceptors (Lipinski definition) is 5. The number of aryl methyl sites for hydroxylation is 4. The highest BCUT2D eigenvalue weighted by atomic mass is 32.1. The number of thiazole rings is 1. The molecule has 3 aromatic rings. The Kier molecular flexibility index (Phi) is 3.91. The highest BCUT2D eigenvalue weighted by molar-refractivity contribution is 7.11. The Morgan fingerprint density at radius 1 is 1.29 bits per heavy atom. The van der Waals surface area contributed by atoms with E-state index in [2.05, 4.69) is 10.1 Å². The number of fused-ring (bicyclic) bond motifs is 1. The van der Waals surface area contributed by atoms with E-state index in [1.807, 2.05) is 18.5 Å². The Balaban J connectivity index is 1.50. The molecule has 1 unspecified atom stereocenters. The van der Waals surface area contributed by atoms with E-state index in [1.54, 1.807) is 29.1 Å². The maximum Gasteiger partial charge on any atom is 0.331 e. The van der Waals surface area contributed by atoms with Crippen molar-refractivity contribution in [3.8, 4) is 0 Å². The molecule has 2 saturated carbocycles. The van der Waals surface area contributed by atoms with Crippen LogP contribution >= 0.6 is 11.3 Å². The fraction of sp³-hybridized carbons (Fsp3) is 0.600. The van der Waals surface area contributed by atoms with Crippen LogP contribution in [0.5, 0.6) is 0 Å². The summed E-state index contributed by atoms with van der Waals surface area (Å²) in [4.78, 5) is 31.6. The normalized spacial score (nSPS) is 20.0. The molecule has 2 aliphatic rings. The van der Waals surface area contributed by atoms with E-state index in [9.17, 15) is 9.59 Å². The molecular weight excluding hydrogens is 374 g/mol. The minimum Gasteiger partial charge on any atom is -0.293 e. The molecule has 1 spiro atoms. The molecule has 0 bridgehead atoms. The van der Waals surface area contributed by atoms with Crippen molar-refractivity contribution in [1.29, 1.82) is 0 Å². The van der Waals surface area contributed by atoms with Gasteiger partial charge in [-0.25, -0.2) is 9.78 Å². The molecule has 2 fully saturated rings. The van der Waals surface area contributed by atoms with Gasteiger partial charge in [-0.3, -0.25) is 18.6 Å². The molecule has 5 rings (SSSR count). The second-order valence-corrected chi connectivity index (χ2v) is 9.76. The first-order valence-electron chi connectivity index (χ1n) is 9.98. The molecular formula is C20H25N5O2S. The molecule has 0 radical (unpaired) electrons. The summed E-state index contributed by atoms with van der Waals surface area (Å²) in [6.45, 7) is 5.10. The van der Waals surface area contributed by atoms with Crippen LogP contribution in [0, 0.1) is 25.2 Å². The maximum atomic E-state index is 13.2. The molecule has 0 aromatic carbocycles. The molecule has 3 heterocycles. The first kappa shape index (κ1) is 17.8. The first-order chi connectivity index (χ1) is 13.4. The summed E-state index contributed by atoms with van der Waals surface area (Å²) >= 11 is 1.63. The maximum absolute atomic E-state index is 13.2. The standard InChI is InChI=1S/C20H25N5O2S/c1-12-16(28-13(2)22-12)5-8-24-18(26)17-15(23(3)19(24)27)10-21-25(17)11-14-9-20(14)6-4-7-20/h10,14H,4-9,11H2,1-3H3. The van der Waals surface area contributed by atoms with Crippen molar-refractivity contribution in [2.75, 3.05) is 0 Å². The minimum absolute atomic E-state index is 0.224. The third-order valence-electron chi connectivity index (χ3n) is 6.81. The SMILES string of the molecule is Cc1nc(C)c(CCn2c(=O)c3c(cnn3CC3CC34CCC4)n(C)c2=O)s1. The van der Waals surface area contributed by atoms with Gasteiger partial charge in [-0.05, 0) is 44.4 Å². The molecule has 7 nitrogen and oxygen atoms in total. The molecule has 8 heteroatoms. The van der Waals surface area contributed by atoms with Crippen molar-refractivity contribution in [3.63, 3.8) is 0 Å².